The van der Waals surface area contributed by atoms with Crippen LogP contribution >= 0.6 is 0 Å². The number of benzene rings is 2. The highest BCUT2D eigenvalue weighted by Crippen LogP contribution is 2.21. The summed E-state index contributed by atoms with van der Waals surface area (Å²) in [6.45, 7) is 6.83. The van der Waals surface area contributed by atoms with Crippen LogP contribution in [-0.2, 0) is 6.54 Å². The lowest BCUT2D eigenvalue weighted by Gasteiger charge is -2.16. The average Bonchev–Trinajstić information content (AvgIpc) is 2.93. The van der Waals surface area contributed by atoms with E-state index in [1.807, 2.05) is 56.3 Å². The Hall–Kier alpha value is -2.62. The molecular formula is C19H21N3O. The first-order valence-electron chi connectivity index (χ1n) is 7.93. The number of nitrogens with zero attached hydrogens (tertiary/aromatic N) is 2. The Bertz CT molecular complexity index is 851. The molecule has 0 aliphatic heterocycles. The molecule has 2 aromatic carbocycles. The molecule has 0 aliphatic carbocycles. The van der Waals surface area contributed by atoms with Gasteiger partial charge in [-0.1, -0.05) is 30.3 Å². The van der Waals surface area contributed by atoms with Crippen molar-refractivity contribution in [1.82, 2.24) is 14.9 Å². The molecule has 1 N–H and O–H groups in total. The lowest BCUT2D eigenvalue weighted by molar-refractivity contribution is 0.0937. The van der Waals surface area contributed by atoms with Crippen LogP contribution in [0.25, 0.3) is 11.0 Å². The minimum Gasteiger partial charge on any atom is -0.342 e. The molecule has 0 spiro atoms. The van der Waals surface area contributed by atoms with Gasteiger partial charge in [-0.15, -0.1) is 0 Å². The van der Waals surface area contributed by atoms with E-state index in [1.165, 1.54) is 0 Å². The van der Waals surface area contributed by atoms with Crippen LogP contribution in [0.5, 0.6) is 0 Å². The average molecular weight is 307 g/mol. The predicted octanol–water partition coefficient (Wildman–Crippen LogP) is 3.86. The van der Waals surface area contributed by atoms with Gasteiger partial charge in [0.25, 0.3) is 5.91 Å². The number of aromatic nitrogens is 2. The third-order valence-electron chi connectivity index (χ3n) is 4.12. The van der Waals surface area contributed by atoms with E-state index < -0.39 is 0 Å². The van der Waals surface area contributed by atoms with E-state index in [9.17, 15) is 4.79 Å². The van der Waals surface area contributed by atoms with E-state index in [1.54, 1.807) is 0 Å². The highest BCUT2D eigenvalue weighted by atomic mass is 16.1. The minimum atomic E-state index is -0.158. The van der Waals surface area contributed by atoms with Gasteiger partial charge in [0.05, 0.1) is 17.1 Å². The zero-order chi connectivity index (χ0) is 16.4. The lowest BCUT2D eigenvalue weighted by Crippen LogP contribution is -2.29. The van der Waals surface area contributed by atoms with E-state index in [0.29, 0.717) is 5.56 Å². The number of hydrogen-bond acceptors (Lipinski definition) is 2. The fourth-order valence-electron chi connectivity index (χ4n) is 2.92. The van der Waals surface area contributed by atoms with Gasteiger partial charge in [0.1, 0.15) is 5.82 Å². The summed E-state index contributed by atoms with van der Waals surface area (Å²) in [6, 6.07) is 15.5. The second kappa shape index (κ2) is 6.24. The van der Waals surface area contributed by atoms with Crippen molar-refractivity contribution in [1.29, 1.82) is 0 Å². The molecule has 1 heterocycles. The molecule has 0 saturated carbocycles. The fraction of sp³-hybridized carbons (Fsp3) is 0.263. The van der Waals surface area contributed by atoms with Gasteiger partial charge in [-0.2, -0.15) is 0 Å². The number of amides is 1. The molecule has 23 heavy (non-hydrogen) atoms. The largest absolute Gasteiger partial charge is 0.342 e. The maximum Gasteiger partial charge on any atom is 0.252 e. The molecule has 4 heteroatoms. The highest BCUT2D eigenvalue weighted by molar-refractivity contribution is 5.95. The molecule has 0 aliphatic rings. The molecule has 1 atom stereocenters. The maximum absolute atomic E-state index is 12.5. The van der Waals surface area contributed by atoms with Crippen molar-refractivity contribution in [3.05, 3.63) is 65.5 Å². The number of hydrogen-bond donors (Lipinski definition) is 1. The summed E-state index contributed by atoms with van der Waals surface area (Å²) in [5, 5.41) is 3.07. The normalized spacial score (nSPS) is 12.3. The smallest absolute Gasteiger partial charge is 0.252 e. The van der Waals surface area contributed by atoms with Crippen LogP contribution in [0, 0.1) is 6.92 Å². The molecule has 3 aromatic rings. The third kappa shape index (κ3) is 2.84. The fourth-order valence-corrected chi connectivity index (χ4v) is 2.92. The van der Waals surface area contributed by atoms with Gasteiger partial charge < -0.3 is 9.88 Å². The van der Waals surface area contributed by atoms with Gasteiger partial charge in [-0.3, -0.25) is 4.79 Å². The van der Waals surface area contributed by atoms with Gasteiger partial charge in [0, 0.05) is 12.1 Å². The molecule has 1 aromatic heterocycles. The number of fused-ring (bicyclic) bond motifs is 1. The van der Waals surface area contributed by atoms with Crippen molar-refractivity contribution in [3.8, 4) is 0 Å². The predicted molar refractivity (Wildman–Crippen MR) is 92.5 cm³/mol. The van der Waals surface area contributed by atoms with Crippen LogP contribution in [0.15, 0.2) is 48.5 Å². The molecule has 4 nitrogen and oxygen atoms in total. The first kappa shape index (κ1) is 15.3. The van der Waals surface area contributed by atoms with Crippen molar-refractivity contribution < 1.29 is 4.79 Å². The van der Waals surface area contributed by atoms with Gasteiger partial charge in [-0.05, 0) is 44.5 Å². The Labute approximate surface area is 136 Å². The zero-order valence-corrected chi connectivity index (χ0v) is 13.7. The minimum absolute atomic E-state index is 0.0645. The van der Waals surface area contributed by atoms with Gasteiger partial charge in [0.15, 0.2) is 0 Å². The van der Waals surface area contributed by atoms with E-state index in [-0.39, 0.29) is 11.9 Å². The number of carbonyl (C=O) groups excluding carboxylic acids is 1. The van der Waals surface area contributed by atoms with Crippen molar-refractivity contribution in [2.75, 3.05) is 0 Å². The Balaban J connectivity index is 1.90. The summed E-state index contributed by atoms with van der Waals surface area (Å²) in [4.78, 5) is 17.2. The van der Waals surface area contributed by atoms with E-state index in [4.69, 9.17) is 4.98 Å². The molecule has 3 rings (SSSR count). The first-order chi connectivity index (χ1) is 11.1. The lowest BCUT2D eigenvalue weighted by atomic mass is 10.1. The van der Waals surface area contributed by atoms with Crippen molar-refractivity contribution in [3.63, 3.8) is 0 Å². The first-order valence-corrected chi connectivity index (χ1v) is 7.93. The van der Waals surface area contributed by atoms with Crippen LogP contribution in [0.3, 0.4) is 0 Å². The SMILES string of the molecule is CCn1c(C(C)NC(=O)c2ccccc2C)nc2ccccc21. The number of imidazole rings is 1. The summed E-state index contributed by atoms with van der Waals surface area (Å²) >= 11 is 0. The number of aryl methyl sites for hydroxylation is 2. The standard InChI is InChI=1S/C19H21N3O/c1-4-22-17-12-8-7-11-16(17)21-18(22)14(3)20-19(23)15-10-6-5-9-13(15)2/h5-12,14H,4H2,1-3H3,(H,20,23). The Morgan fingerprint density at radius 2 is 1.87 bits per heavy atom. The Morgan fingerprint density at radius 1 is 1.17 bits per heavy atom. The highest BCUT2D eigenvalue weighted by Gasteiger charge is 2.18. The third-order valence-corrected chi connectivity index (χ3v) is 4.12. The Kier molecular flexibility index (Phi) is 4.15. The molecule has 0 bridgehead atoms. The van der Waals surface area contributed by atoms with Gasteiger partial charge in [0.2, 0.25) is 0 Å². The van der Waals surface area contributed by atoms with Crippen LogP contribution in [0.1, 0.15) is 41.6 Å². The summed E-state index contributed by atoms with van der Waals surface area (Å²) < 4.78 is 2.15. The summed E-state index contributed by atoms with van der Waals surface area (Å²) in [6.07, 6.45) is 0. The molecule has 0 radical (unpaired) electrons. The van der Waals surface area contributed by atoms with Crippen molar-refractivity contribution in [2.45, 2.75) is 33.4 Å². The monoisotopic (exact) mass is 307 g/mol. The summed E-state index contributed by atoms with van der Waals surface area (Å²) in [7, 11) is 0. The second-order valence-corrected chi connectivity index (χ2v) is 5.71. The van der Waals surface area contributed by atoms with Crippen LogP contribution in [0.4, 0.5) is 0 Å². The van der Waals surface area contributed by atoms with Crippen LogP contribution < -0.4 is 5.32 Å². The number of carbonyl (C=O) groups is 1. The maximum atomic E-state index is 12.5. The number of rotatable bonds is 4. The molecule has 1 unspecified atom stereocenters. The van der Waals surface area contributed by atoms with Crippen molar-refractivity contribution in [2.24, 2.45) is 0 Å². The van der Waals surface area contributed by atoms with Crippen LogP contribution in [0.2, 0.25) is 0 Å². The molecule has 1 amide bonds. The van der Waals surface area contributed by atoms with Gasteiger partial charge in [-0.25, -0.2) is 4.98 Å². The number of para-hydroxylation sites is 2. The molecule has 0 fully saturated rings. The summed E-state index contributed by atoms with van der Waals surface area (Å²) in [5.41, 5.74) is 3.74. The molecule has 118 valence electrons. The molecule has 0 saturated heterocycles. The molecular weight excluding hydrogens is 286 g/mol. The van der Waals surface area contributed by atoms with Crippen molar-refractivity contribution >= 4 is 16.9 Å². The van der Waals surface area contributed by atoms with E-state index in [2.05, 4.69) is 22.9 Å². The van der Waals surface area contributed by atoms with Gasteiger partial charge >= 0.3 is 0 Å². The quantitative estimate of drug-likeness (QED) is 0.795. The van der Waals surface area contributed by atoms with E-state index in [0.717, 1.165) is 29.0 Å². The van der Waals surface area contributed by atoms with Crippen LogP contribution in [-0.4, -0.2) is 15.5 Å². The Morgan fingerprint density at radius 3 is 2.61 bits per heavy atom. The zero-order valence-electron chi connectivity index (χ0n) is 13.7. The van der Waals surface area contributed by atoms with E-state index >= 15 is 0 Å². The topological polar surface area (TPSA) is 46.9 Å². The summed E-state index contributed by atoms with van der Waals surface area (Å²) in [5.74, 6) is 0.820. The second-order valence-electron chi connectivity index (χ2n) is 5.71. The number of nitrogens with one attached hydrogen (secondary N) is 1.